The summed E-state index contributed by atoms with van der Waals surface area (Å²) >= 11 is 1.33. The number of aryl methyl sites for hydroxylation is 3. The van der Waals surface area contributed by atoms with E-state index in [1.165, 1.54) is 17.3 Å². The van der Waals surface area contributed by atoms with Crippen molar-refractivity contribution in [1.29, 1.82) is 0 Å². The summed E-state index contributed by atoms with van der Waals surface area (Å²) in [6.07, 6.45) is 5.52. The Hall–Kier alpha value is -3.39. The number of nitrogens with zero attached hydrogens (tertiary/aromatic N) is 5. The topological polar surface area (TPSA) is 77.6 Å². The third kappa shape index (κ3) is 4.13. The molecule has 0 saturated heterocycles. The first-order valence-corrected chi connectivity index (χ1v) is 10.5. The lowest BCUT2D eigenvalue weighted by Crippen LogP contribution is -2.17. The molecule has 0 aliphatic rings. The molecule has 0 spiro atoms. The van der Waals surface area contributed by atoms with E-state index in [-0.39, 0.29) is 11.7 Å². The van der Waals surface area contributed by atoms with Gasteiger partial charge in [-0.05, 0) is 56.2 Å². The van der Waals surface area contributed by atoms with Crippen LogP contribution in [0.15, 0.2) is 66.2 Å². The lowest BCUT2D eigenvalue weighted by Gasteiger charge is -2.13. The summed E-state index contributed by atoms with van der Waals surface area (Å²) in [4.78, 5) is 17.0. The standard InChI is InChI=1S/C22H22N6OS/c1-15-12-16(2)20(17(3)13-15)24-19(29)14-30-22-26-25-21(18-8-4-5-9-23-18)28(22)27-10-6-7-11-27/h4-13H,14H2,1-3H3,(H,24,29). The highest BCUT2D eigenvalue weighted by atomic mass is 32.2. The highest BCUT2D eigenvalue weighted by Crippen LogP contribution is 2.25. The van der Waals surface area contributed by atoms with Crippen molar-refractivity contribution < 1.29 is 4.79 Å². The lowest BCUT2D eigenvalue weighted by atomic mass is 10.1. The average Bonchev–Trinajstić information content (AvgIpc) is 3.39. The molecule has 0 aliphatic carbocycles. The van der Waals surface area contributed by atoms with Gasteiger partial charge in [-0.3, -0.25) is 14.5 Å². The molecule has 3 aromatic heterocycles. The molecule has 0 atom stereocenters. The molecule has 1 N–H and O–H groups in total. The number of carbonyl (C=O) groups excluding carboxylic acids is 1. The Labute approximate surface area is 179 Å². The van der Waals surface area contributed by atoms with Gasteiger partial charge in [0.25, 0.3) is 0 Å². The minimum absolute atomic E-state index is 0.0866. The van der Waals surface area contributed by atoms with Crippen molar-refractivity contribution in [2.45, 2.75) is 25.9 Å². The molecule has 0 unspecified atom stereocenters. The molecule has 1 amide bonds. The first-order chi connectivity index (χ1) is 14.5. The minimum atomic E-state index is -0.0866. The van der Waals surface area contributed by atoms with Crippen LogP contribution < -0.4 is 5.32 Å². The smallest absolute Gasteiger partial charge is 0.234 e. The van der Waals surface area contributed by atoms with Crippen LogP contribution in [-0.4, -0.2) is 36.2 Å². The molecule has 0 radical (unpaired) electrons. The molecule has 8 heteroatoms. The van der Waals surface area contributed by atoms with Gasteiger partial charge in [0, 0.05) is 24.3 Å². The maximum Gasteiger partial charge on any atom is 0.234 e. The van der Waals surface area contributed by atoms with E-state index in [0.717, 1.165) is 16.8 Å². The first kappa shape index (κ1) is 19.9. The maximum atomic E-state index is 12.6. The number of rotatable bonds is 6. The number of hydrogen-bond acceptors (Lipinski definition) is 5. The Morgan fingerprint density at radius 3 is 2.43 bits per heavy atom. The van der Waals surface area contributed by atoms with Crippen molar-refractivity contribution in [2.75, 3.05) is 11.1 Å². The van der Waals surface area contributed by atoms with E-state index in [1.807, 2.05) is 65.9 Å². The van der Waals surface area contributed by atoms with Gasteiger partial charge in [-0.15, -0.1) is 10.2 Å². The van der Waals surface area contributed by atoms with E-state index >= 15 is 0 Å². The van der Waals surface area contributed by atoms with Gasteiger partial charge in [0.2, 0.25) is 16.9 Å². The van der Waals surface area contributed by atoms with E-state index in [1.54, 1.807) is 6.20 Å². The van der Waals surface area contributed by atoms with Gasteiger partial charge < -0.3 is 5.32 Å². The number of nitrogens with one attached hydrogen (secondary N) is 1. The van der Waals surface area contributed by atoms with Crippen LogP contribution in [-0.2, 0) is 4.79 Å². The Morgan fingerprint density at radius 1 is 1.03 bits per heavy atom. The fraction of sp³-hybridized carbons (Fsp3) is 0.182. The van der Waals surface area contributed by atoms with E-state index in [4.69, 9.17) is 0 Å². The van der Waals surface area contributed by atoms with Gasteiger partial charge in [-0.1, -0.05) is 35.5 Å². The molecule has 0 fully saturated rings. The van der Waals surface area contributed by atoms with E-state index in [0.29, 0.717) is 16.7 Å². The second-order valence-corrected chi connectivity index (χ2v) is 7.95. The fourth-order valence-electron chi connectivity index (χ4n) is 3.36. The van der Waals surface area contributed by atoms with Gasteiger partial charge in [0.15, 0.2) is 0 Å². The van der Waals surface area contributed by atoms with Crippen molar-refractivity contribution in [3.8, 4) is 11.5 Å². The van der Waals surface area contributed by atoms with Crippen LogP contribution in [0.3, 0.4) is 0 Å². The molecule has 152 valence electrons. The maximum absolute atomic E-state index is 12.6. The van der Waals surface area contributed by atoms with Crippen molar-refractivity contribution >= 4 is 23.4 Å². The minimum Gasteiger partial charge on any atom is -0.325 e. The van der Waals surface area contributed by atoms with Crippen LogP contribution in [0, 0.1) is 20.8 Å². The Kier molecular flexibility index (Phi) is 5.67. The second kappa shape index (κ2) is 8.54. The monoisotopic (exact) mass is 418 g/mol. The molecule has 0 saturated carbocycles. The molecule has 30 heavy (non-hydrogen) atoms. The summed E-state index contributed by atoms with van der Waals surface area (Å²) in [7, 11) is 0. The van der Waals surface area contributed by atoms with Gasteiger partial charge in [0.1, 0.15) is 5.69 Å². The van der Waals surface area contributed by atoms with Crippen LogP contribution in [0.5, 0.6) is 0 Å². The Balaban J connectivity index is 1.56. The number of benzene rings is 1. The molecule has 7 nitrogen and oxygen atoms in total. The average molecular weight is 419 g/mol. The summed E-state index contributed by atoms with van der Waals surface area (Å²) in [5.41, 5.74) is 4.87. The van der Waals surface area contributed by atoms with Gasteiger partial charge in [-0.25, -0.2) is 4.68 Å². The number of aromatic nitrogens is 5. The predicted octanol–water partition coefficient (Wildman–Crippen LogP) is 4.11. The summed E-state index contributed by atoms with van der Waals surface area (Å²) in [6.45, 7) is 6.06. The van der Waals surface area contributed by atoms with Crippen LogP contribution in [0.4, 0.5) is 5.69 Å². The third-order valence-corrected chi connectivity index (χ3v) is 5.52. The van der Waals surface area contributed by atoms with E-state index < -0.39 is 0 Å². The Morgan fingerprint density at radius 2 is 1.77 bits per heavy atom. The van der Waals surface area contributed by atoms with Crippen molar-refractivity contribution in [2.24, 2.45) is 0 Å². The highest BCUT2D eigenvalue weighted by Gasteiger charge is 2.18. The van der Waals surface area contributed by atoms with E-state index in [2.05, 4.69) is 39.6 Å². The van der Waals surface area contributed by atoms with Crippen molar-refractivity contribution in [3.05, 3.63) is 77.7 Å². The molecular formula is C22H22N6OS. The number of amides is 1. The normalized spacial score (nSPS) is 10.9. The highest BCUT2D eigenvalue weighted by molar-refractivity contribution is 7.99. The zero-order valence-corrected chi connectivity index (χ0v) is 17.8. The SMILES string of the molecule is Cc1cc(C)c(NC(=O)CSc2nnc(-c3ccccn3)n2-n2cccc2)c(C)c1. The first-order valence-electron chi connectivity index (χ1n) is 9.54. The molecular weight excluding hydrogens is 396 g/mol. The quantitative estimate of drug-likeness (QED) is 0.477. The molecule has 3 heterocycles. The molecule has 1 aromatic carbocycles. The Bertz CT molecular complexity index is 1140. The van der Waals surface area contributed by atoms with Gasteiger partial charge >= 0.3 is 0 Å². The van der Waals surface area contributed by atoms with Crippen LogP contribution in [0.1, 0.15) is 16.7 Å². The van der Waals surface area contributed by atoms with Gasteiger partial charge in [0.05, 0.1) is 5.75 Å². The third-order valence-electron chi connectivity index (χ3n) is 4.60. The molecule has 0 aliphatic heterocycles. The lowest BCUT2D eigenvalue weighted by molar-refractivity contribution is -0.113. The second-order valence-electron chi connectivity index (χ2n) is 7.01. The largest absolute Gasteiger partial charge is 0.325 e. The van der Waals surface area contributed by atoms with Gasteiger partial charge in [-0.2, -0.15) is 0 Å². The van der Waals surface area contributed by atoms with Crippen molar-refractivity contribution in [1.82, 2.24) is 24.5 Å². The summed E-state index contributed by atoms with van der Waals surface area (Å²) < 4.78 is 3.72. The predicted molar refractivity (Wildman–Crippen MR) is 118 cm³/mol. The fourth-order valence-corrected chi connectivity index (χ4v) is 4.09. The van der Waals surface area contributed by atoms with Crippen LogP contribution in [0.2, 0.25) is 0 Å². The van der Waals surface area contributed by atoms with E-state index in [9.17, 15) is 4.79 Å². The van der Waals surface area contributed by atoms with Crippen LogP contribution in [0.25, 0.3) is 11.5 Å². The summed E-state index contributed by atoms with van der Waals surface area (Å²) in [6, 6.07) is 13.6. The number of hydrogen-bond donors (Lipinski definition) is 1. The molecule has 4 aromatic rings. The van der Waals surface area contributed by atoms with Crippen molar-refractivity contribution in [3.63, 3.8) is 0 Å². The number of thioether (sulfide) groups is 1. The number of anilines is 1. The summed E-state index contributed by atoms with van der Waals surface area (Å²) in [5, 5.41) is 12.3. The number of carbonyl (C=O) groups is 1. The molecule has 4 rings (SSSR count). The summed E-state index contributed by atoms with van der Waals surface area (Å²) in [5.74, 6) is 0.741. The zero-order valence-electron chi connectivity index (χ0n) is 17.0. The zero-order chi connectivity index (χ0) is 21.1. The number of pyridine rings is 1. The molecule has 0 bridgehead atoms. The van der Waals surface area contributed by atoms with Crippen LogP contribution >= 0.6 is 11.8 Å².